The Bertz CT molecular complexity index is 418. The van der Waals surface area contributed by atoms with Crippen molar-refractivity contribution >= 4 is 23.2 Å². The smallest absolute Gasteiger partial charge is 0.242 e. The molecule has 0 saturated carbocycles. The summed E-state index contributed by atoms with van der Waals surface area (Å²) in [7, 11) is 0. The highest BCUT2D eigenvalue weighted by atomic mass is 35.5. The fourth-order valence-corrected chi connectivity index (χ4v) is 1.68. The number of carbonyl (C=O) groups excluding carboxylic acids is 1. The van der Waals surface area contributed by atoms with Crippen molar-refractivity contribution in [2.45, 2.75) is 33.7 Å². The van der Waals surface area contributed by atoms with Crippen molar-refractivity contribution in [1.29, 1.82) is 0 Å². The van der Waals surface area contributed by atoms with Crippen LogP contribution in [0.2, 0.25) is 5.02 Å². The quantitative estimate of drug-likeness (QED) is 0.861. The number of nitrogens with one attached hydrogen (secondary N) is 2. The number of halogens is 1. The fraction of sp³-hybridized carbons (Fsp3) is 0.500. The summed E-state index contributed by atoms with van der Waals surface area (Å²) in [4.78, 5) is 11.8. The van der Waals surface area contributed by atoms with Crippen LogP contribution in [0, 0.1) is 12.8 Å². The number of hydrogen-bond acceptors (Lipinski definition) is 2. The Kier molecular flexibility index (Phi) is 5.48. The summed E-state index contributed by atoms with van der Waals surface area (Å²) in [5.74, 6) is 0.435. The van der Waals surface area contributed by atoms with Gasteiger partial charge in [0.05, 0.1) is 10.7 Å². The minimum atomic E-state index is -0.303. The van der Waals surface area contributed by atoms with Crippen molar-refractivity contribution < 1.29 is 4.79 Å². The molecule has 1 aromatic carbocycles. The molecule has 1 aromatic rings. The topological polar surface area (TPSA) is 41.1 Å². The van der Waals surface area contributed by atoms with Crippen molar-refractivity contribution in [1.82, 2.24) is 5.32 Å². The second-order valence-electron chi connectivity index (χ2n) is 4.99. The van der Waals surface area contributed by atoms with Crippen molar-refractivity contribution in [2.75, 3.05) is 11.9 Å². The SMILES string of the molecule is Cc1ccc(Cl)c(NC(C)C(=O)NCC(C)C)c1. The predicted octanol–water partition coefficient (Wildman–Crippen LogP) is 3.22. The van der Waals surface area contributed by atoms with Crippen LogP contribution < -0.4 is 10.6 Å². The fourth-order valence-electron chi connectivity index (χ4n) is 1.51. The molecule has 1 amide bonds. The van der Waals surface area contributed by atoms with Gasteiger partial charge in [0.25, 0.3) is 0 Å². The summed E-state index contributed by atoms with van der Waals surface area (Å²) in [6.45, 7) is 8.64. The van der Waals surface area contributed by atoms with E-state index >= 15 is 0 Å². The molecule has 0 radical (unpaired) electrons. The average molecular weight is 269 g/mol. The zero-order chi connectivity index (χ0) is 13.7. The first-order valence-corrected chi connectivity index (χ1v) is 6.58. The Morgan fingerprint density at radius 3 is 2.61 bits per heavy atom. The molecule has 100 valence electrons. The van der Waals surface area contributed by atoms with Crippen LogP contribution in [0.25, 0.3) is 0 Å². The molecule has 0 aromatic heterocycles. The summed E-state index contributed by atoms with van der Waals surface area (Å²) in [5.41, 5.74) is 1.90. The van der Waals surface area contributed by atoms with Crippen molar-refractivity contribution in [2.24, 2.45) is 5.92 Å². The van der Waals surface area contributed by atoms with E-state index in [4.69, 9.17) is 11.6 Å². The van der Waals surface area contributed by atoms with Gasteiger partial charge in [0, 0.05) is 6.54 Å². The van der Waals surface area contributed by atoms with E-state index in [1.54, 1.807) is 0 Å². The lowest BCUT2D eigenvalue weighted by atomic mass is 10.2. The van der Waals surface area contributed by atoms with E-state index in [1.807, 2.05) is 32.0 Å². The van der Waals surface area contributed by atoms with E-state index in [2.05, 4.69) is 24.5 Å². The lowest BCUT2D eigenvalue weighted by Crippen LogP contribution is -2.39. The van der Waals surface area contributed by atoms with Gasteiger partial charge < -0.3 is 10.6 Å². The average Bonchev–Trinajstić information content (AvgIpc) is 2.30. The Morgan fingerprint density at radius 2 is 2.00 bits per heavy atom. The Labute approximate surface area is 114 Å². The van der Waals surface area contributed by atoms with E-state index in [9.17, 15) is 4.79 Å². The number of benzene rings is 1. The van der Waals surface area contributed by atoms with Crippen molar-refractivity contribution in [3.05, 3.63) is 28.8 Å². The van der Waals surface area contributed by atoms with Crippen LogP contribution in [-0.2, 0) is 4.79 Å². The van der Waals surface area contributed by atoms with Gasteiger partial charge in [0.2, 0.25) is 5.91 Å². The number of rotatable bonds is 5. The van der Waals surface area contributed by atoms with Gasteiger partial charge in [0.15, 0.2) is 0 Å². The molecule has 0 saturated heterocycles. The van der Waals surface area contributed by atoms with Gasteiger partial charge in [-0.3, -0.25) is 4.79 Å². The standard InChI is InChI=1S/C14H21ClN2O/c1-9(2)8-16-14(18)11(4)17-13-7-10(3)5-6-12(13)15/h5-7,9,11,17H,8H2,1-4H3,(H,16,18). The van der Waals surface area contributed by atoms with Crippen LogP contribution in [0.4, 0.5) is 5.69 Å². The molecule has 0 spiro atoms. The Morgan fingerprint density at radius 1 is 1.33 bits per heavy atom. The van der Waals surface area contributed by atoms with Gasteiger partial charge in [-0.2, -0.15) is 0 Å². The highest BCUT2D eigenvalue weighted by Gasteiger charge is 2.13. The lowest BCUT2D eigenvalue weighted by Gasteiger charge is -2.17. The molecule has 0 bridgehead atoms. The van der Waals surface area contributed by atoms with E-state index in [-0.39, 0.29) is 11.9 Å². The molecule has 1 rings (SSSR count). The number of hydrogen-bond donors (Lipinski definition) is 2. The van der Waals surface area contributed by atoms with Crippen LogP contribution in [0.1, 0.15) is 26.3 Å². The van der Waals surface area contributed by atoms with Gasteiger partial charge >= 0.3 is 0 Å². The third-order valence-corrected chi connectivity index (χ3v) is 2.90. The Hall–Kier alpha value is -1.22. The van der Waals surface area contributed by atoms with Crippen LogP contribution in [0.3, 0.4) is 0 Å². The summed E-state index contributed by atoms with van der Waals surface area (Å²) in [6, 6.07) is 5.41. The molecule has 0 heterocycles. The zero-order valence-corrected chi connectivity index (χ0v) is 12.1. The van der Waals surface area contributed by atoms with Gasteiger partial charge in [-0.1, -0.05) is 31.5 Å². The molecule has 0 aliphatic heterocycles. The number of amides is 1. The van der Waals surface area contributed by atoms with Crippen LogP contribution >= 0.6 is 11.6 Å². The van der Waals surface area contributed by atoms with E-state index in [0.717, 1.165) is 11.3 Å². The van der Waals surface area contributed by atoms with Crippen LogP contribution in [0.15, 0.2) is 18.2 Å². The van der Waals surface area contributed by atoms with E-state index in [1.165, 1.54) is 0 Å². The maximum absolute atomic E-state index is 11.8. The highest BCUT2D eigenvalue weighted by Crippen LogP contribution is 2.23. The minimum Gasteiger partial charge on any atom is -0.373 e. The molecule has 4 heteroatoms. The third kappa shape index (κ3) is 4.57. The second kappa shape index (κ2) is 6.64. The first-order valence-electron chi connectivity index (χ1n) is 6.20. The minimum absolute atomic E-state index is 0.0127. The zero-order valence-electron chi connectivity index (χ0n) is 11.4. The Balaban J connectivity index is 2.60. The molecule has 0 aliphatic rings. The van der Waals surface area contributed by atoms with Crippen LogP contribution in [0.5, 0.6) is 0 Å². The van der Waals surface area contributed by atoms with E-state index in [0.29, 0.717) is 17.5 Å². The monoisotopic (exact) mass is 268 g/mol. The predicted molar refractivity (Wildman–Crippen MR) is 77.1 cm³/mol. The van der Waals surface area contributed by atoms with Crippen molar-refractivity contribution in [3.8, 4) is 0 Å². The van der Waals surface area contributed by atoms with Gasteiger partial charge in [0.1, 0.15) is 6.04 Å². The van der Waals surface area contributed by atoms with Crippen molar-refractivity contribution in [3.63, 3.8) is 0 Å². The maximum Gasteiger partial charge on any atom is 0.242 e. The highest BCUT2D eigenvalue weighted by molar-refractivity contribution is 6.33. The van der Waals surface area contributed by atoms with E-state index < -0.39 is 0 Å². The molecule has 0 aliphatic carbocycles. The molecular weight excluding hydrogens is 248 g/mol. The number of carbonyl (C=O) groups is 1. The molecule has 2 N–H and O–H groups in total. The second-order valence-corrected chi connectivity index (χ2v) is 5.40. The summed E-state index contributed by atoms with van der Waals surface area (Å²) in [6.07, 6.45) is 0. The normalized spacial score (nSPS) is 12.3. The van der Waals surface area contributed by atoms with Crippen LogP contribution in [-0.4, -0.2) is 18.5 Å². The molecular formula is C14H21ClN2O. The lowest BCUT2D eigenvalue weighted by molar-refractivity contribution is -0.121. The maximum atomic E-state index is 11.8. The third-order valence-electron chi connectivity index (χ3n) is 2.57. The number of anilines is 1. The molecule has 1 atom stereocenters. The largest absolute Gasteiger partial charge is 0.373 e. The molecule has 3 nitrogen and oxygen atoms in total. The van der Waals surface area contributed by atoms with Gasteiger partial charge in [-0.15, -0.1) is 0 Å². The number of aryl methyl sites for hydroxylation is 1. The first-order chi connectivity index (χ1) is 8.40. The van der Waals surface area contributed by atoms with Gasteiger partial charge in [-0.25, -0.2) is 0 Å². The summed E-state index contributed by atoms with van der Waals surface area (Å²) >= 11 is 6.08. The molecule has 0 fully saturated rings. The molecule has 18 heavy (non-hydrogen) atoms. The first kappa shape index (κ1) is 14.8. The molecule has 1 unspecified atom stereocenters. The van der Waals surface area contributed by atoms with Gasteiger partial charge in [-0.05, 0) is 37.5 Å². The summed E-state index contributed by atoms with van der Waals surface area (Å²) in [5, 5.41) is 6.65. The summed E-state index contributed by atoms with van der Waals surface area (Å²) < 4.78 is 0.